The fourth-order valence-corrected chi connectivity index (χ4v) is 3.22. The Kier molecular flexibility index (Phi) is 7.19. The van der Waals surface area contributed by atoms with Gasteiger partial charge in [-0.1, -0.05) is 18.2 Å². The van der Waals surface area contributed by atoms with Crippen LogP contribution in [0.25, 0.3) is 0 Å². The first-order valence-electron chi connectivity index (χ1n) is 8.42. The van der Waals surface area contributed by atoms with E-state index < -0.39 is 0 Å². The zero-order valence-electron chi connectivity index (χ0n) is 15.3. The molecule has 2 aromatic rings. The van der Waals surface area contributed by atoms with Gasteiger partial charge in [0.05, 0.1) is 7.11 Å². The molecule has 4 nitrogen and oxygen atoms in total. The molecule has 1 atom stereocenters. The lowest BCUT2D eigenvalue weighted by Gasteiger charge is -2.28. The van der Waals surface area contributed by atoms with E-state index >= 15 is 0 Å². The van der Waals surface area contributed by atoms with E-state index in [0.29, 0.717) is 6.54 Å². The molecule has 2 rings (SSSR count). The maximum Gasteiger partial charge on any atom is 0.322 e. The molecule has 1 N–H and O–H groups in total. The maximum atomic E-state index is 12.7. The molecular formula is C20H26N2O2S. The van der Waals surface area contributed by atoms with Crippen LogP contribution in [0.15, 0.2) is 53.4 Å². The van der Waals surface area contributed by atoms with Crippen molar-refractivity contribution in [2.24, 2.45) is 0 Å². The predicted octanol–water partition coefficient (Wildman–Crippen LogP) is 4.90. The van der Waals surface area contributed by atoms with Crippen molar-refractivity contribution in [3.8, 4) is 5.75 Å². The van der Waals surface area contributed by atoms with Crippen LogP contribution in [0, 0.1) is 0 Å². The van der Waals surface area contributed by atoms with Gasteiger partial charge in [-0.2, -0.15) is 0 Å². The molecule has 0 saturated heterocycles. The average Bonchev–Trinajstić information content (AvgIpc) is 2.63. The van der Waals surface area contributed by atoms with Crippen LogP contribution in [0.5, 0.6) is 5.75 Å². The van der Waals surface area contributed by atoms with Crippen LogP contribution < -0.4 is 10.1 Å². The Morgan fingerprint density at radius 2 is 1.96 bits per heavy atom. The van der Waals surface area contributed by atoms with Gasteiger partial charge < -0.3 is 15.0 Å². The van der Waals surface area contributed by atoms with Crippen LogP contribution in [0.2, 0.25) is 0 Å². The summed E-state index contributed by atoms with van der Waals surface area (Å²) in [6, 6.07) is 15.9. The molecule has 134 valence electrons. The summed E-state index contributed by atoms with van der Waals surface area (Å²) in [5.74, 6) is 0.843. The molecule has 2 amide bonds. The van der Waals surface area contributed by atoms with Crippen molar-refractivity contribution in [1.82, 2.24) is 4.90 Å². The topological polar surface area (TPSA) is 41.6 Å². The summed E-state index contributed by atoms with van der Waals surface area (Å²) in [6.07, 6.45) is 2.83. The zero-order chi connectivity index (χ0) is 18.2. The van der Waals surface area contributed by atoms with Gasteiger partial charge in [0.1, 0.15) is 5.75 Å². The first-order chi connectivity index (χ1) is 12.1. The number of nitrogens with zero attached hydrogens (tertiary/aromatic N) is 1. The number of benzene rings is 2. The fourth-order valence-electron chi connectivity index (χ4n) is 2.76. The molecule has 1 unspecified atom stereocenters. The minimum atomic E-state index is -0.0678. The van der Waals surface area contributed by atoms with Crippen molar-refractivity contribution >= 4 is 23.5 Å². The molecule has 0 heterocycles. The number of rotatable bonds is 7. The third-order valence-electron chi connectivity index (χ3n) is 4.14. The van der Waals surface area contributed by atoms with Gasteiger partial charge in [0.25, 0.3) is 0 Å². The van der Waals surface area contributed by atoms with Crippen LogP contribution in [-0.4, -0.2) is 36.9 Å². The molecule has 0 aliphatic heterocycles. The number of thioether (sulfide) groups is 1. The third-order valence-corrected chi connectivity index (χ3v) is 4.87. The van der Waals surface area contributed by atoms with Gasteiger partial charge >= 0.3 is 6.03 Å². The van der Waals surface area contributed by atoms with E-state index in [1.807, 2.05) is 66.6 Å². The van der Waals surface area contributed by atoms with Crippen molar-refractivity contribution in [3.63, 3.8) is 0 Å². The second-order valence-corrected chi connectivity index (χ2v) is 6.73. The summed E-state index contributed by atoms with van der Waals surface area (Å²) in [4.78, 5) is 15.7. The summed E-state index contributed by atoms with van der Waals surface area (Å²) < 4.78 is 5.19. The highest BCUT2D eigenvalue weighted by Crippen LogP contribution is 2.20. The van der Waals surface area contributed by atoms with Crippen LogP contribution in [0.1, 0.15) is 19.4 Å². The Balaban J connectivity index is 2.01. The van der Waals surface area contributed by atoms with Gasteiger partial charge in [0, 0.05) is 23.2 Å². The summed E-state index contributed by atoms with van der Waals surface area (Å²) in [5, 5.41) is 3.01. The van der Waals surface area contributed by atoms with Gasteiger partial charge in [-0.05, 0) is 62.4 Å². The number of likely N-dealkylation sites (N-methyl/N-ethyl adjacent to an activating group) is 1. The van der Waals surface area contributed by atoms with Gasteiger partial charge in [0.2, 0.25) is 0 Å². The molecule has 0 aliphatic carbocycles. The number of urea groups is 1. The van der Waals surface area contributed by atoms with E-state index in [4.69, 9.17) is 4.74 Å². The van der Waals surface area contributed by atoms with Crippen LogP contribution in [0.4, 0.5) is 10.5 Å². The molecule has 0 radical (unpaired) electrons. The molecule has 0 saturated carbocycles. The smallest absolute Gasteiger partial charge is 0.322 e. The standard InChI is InChI=1S/C20H26N2O2S/c1-5-22(15(2)13-16-9-11-18(24-3)12-10-16)20(23)21-17-7-6-8-19(14-17)25-4/h6-12,14-15H,5,13H2,1-4H3,(H,21,23). The monoisotopic (exact) mass is 358 g/mol. The molecular weight excluding hydrogens is 332 g/mol. The van der Waals surface area contributed by atoms with Gasteiger partial charge in [-0.15, -0.1) is 11.8 Å². The van der Waals surface area contributed by atoms with Gasteiger partial charge in [-0.3, -0.25) is 0 Å². The van der Waals surface area contributed by atoms with E-state index in [9.17, 15) is 4.79 Å². The normalized spacial score (nSPS) is 11.7. The number of carbonyl (C=O) groups is 1. The molecule has 5 heteroatoms. The molecule has 25 heavy (non-hydrogen) atoms. The highest BCUT2D eigenvalue weighted by atomic mass is 32.2. The number of ether oxygens (including phenoxy) is 1. The van der Waals surface area contributed by atoms with E-state index in [2.05, 4.69) is 12.2 Å². The number of nitrogens with one attached hydrogen (secondary N) is 1. The first kappa shape index (κ1) is 19.2. The van der Waals surface area contributed by atoms with Crippen molar-refractivity contribution < 1.29 is 9.53 Å². The molecule has 0 spiro atoms. The Morgan fingerprint density at radius 3 is 2.56 bits per heavy atom. The van der Waals surface area contributed by atoms with Crippen LogP contribution in [-0.2, 0) is 6.42 Å². The minimum Gasteiger partial charge on any atom is -0.497 e. The summed E-state index contributed by atoms with van der Waals surface area (Å²) >= 11 is 1.66. The van der Waals surface area contributed by atoms with Crippen molar-refractivity contribution in [2.75, 3.05) is 25.2 Å². The number of anilines is 1. The highest BCUT2D eigenvalue weighted by molar-refractivity contribution is 7.98. The lowest BCUT2D eigenvalue weighted by Crippen LogP contribution is -2.42. The zero-order valence-corrected chi connectivity index (χ0v) is 16.1. The lowest BCUT2D eigenvalue weighted by molar-refractivity contribution is 0.196. The number of hydrogen-bond acceptors (Lipinski definition) is 3. The lowest BCUT2D eigenvalue weighted by atomic mass is 10.1. The van der Waals surface area contributed by atoms with Crippen molar-refractivity contribution in [3.05, 3.63) is 54.1 Å². The highest BCUT2D eigenvalue weighted by Gasteiger charge is 2.19. The average molecular weight is 359 g/mol. The van der Waals surface area contributed by atoms with E-state index in [-0.39, 0.29) is 12.1 Å². The first-order valence-corrected chi connectivity index (χ1v) is 9.64. The predicted molar refractivity (Wildman–Crippen MR) is 106 cm³/mol. The van der Waals surface area contributed by atoms with E-state index in [0.717, 1.165) is 22.8 Å². The summed E-state index contributed by atoms with van der Waals surface area (Å²) in [5.41, 5.74) is 2.01. The maximum absolute atomic E-state index is 12.7. The van der Waals surface area contributed by atoms with Gasteiger partial charge in [-0.25, -0.2) is 4.79 Å². The molecule has 0 fully saturated rings. The molecule has 0 aliphatic rings. The number of carbonyl (C=O) groups excluding carboxylic acids is 1. The number of methoxy groups -OCH3 is 1. The largest absolute Gasteiger partial charge is 0.497 e. The molecule has 2 aromatic carbocycles. The van der Waals surface area contributed by atoms with Crippen LogP contribution >= 0.6 is 11.8 Å². The molecule has 0 aromatic heterocycles. The van der Waals surface area contributed by atoms with E-state index in [1.54, 1.807) is 18.9 Å². The minimum absolute atomic E-state index is 0.0678. The SMILES string of the molecule is CCN(C(=O)Nc1cccc(SC)c1)C(C)Cc1ccc(OC)cc1. The Labute approximate surface area is 154 Å². The Morgan fingerprint density at radius 1 is 1.24 bits per heavy atom. The summed E-state index contributed by atoms with van der Waals surface area (Å²) in [6.45, 7) is 4.74. The number of amides is 2. The Bertz CT molecular complexity index is 688. The third kappa shape index (κ3) is 5.43. The van der Waals surface area contributed by atoms with Gasteiger partial charge in [0.15, 0.2) is 0 Å². The second-order valence-electron chi connectivity index (χ2n) is 5.85. The fraction of sp³-hybridized carbons (Fsp3) is 0.350. The quantitative estimate of drug-likeness (QED) is 0.716. The van der Waals surface area contributed by atoms with Crippen molar-refractivity contribution in [1.29, 1.82) is 0 Å². The molecule has 0 bridgehead atoms. The Hall–Kier alpha value is -2.14. The summed E-state index contributed by atoms with van der Waals surface area (Å²) in [7, 11) is 1.66. The van der Waals surface area contributed by atoms with Crippen molar-refractivity contribution in [2.45, 2.75) is 31.2 Å². The van der Waals surface area contributed by atoms with Crippen LogP contribution in [0.3, 0.4) is 0 Å². The van der Waals surface area contributed by atoms with E-state index in [1.165, 1.54) is 5.56 Å². The second kappa shape index (κ2) is 9.37. The number of hydrogen-bond donors (Lipinski definition) is 1.